The number of ether oxygens (including phenoxy) is 5. The Kier molecular flexibility index (Phi) is 21.3. The lowest BCUT2D eigenvalue weighted by Crippen LogP contribution is -2.38. The van der Waals surface area contributed by atoms with Crippen molar-refractivity contribution >= 4 is 5.91 Å². The van der Waals surface area contributed by atoms with Gasteiger partial charge in [-0.3, -0.25) is 4.79 Å². The molecular formula is C40H54N2O7. The lowest BCUT2D eigenvalue weighted by molar-refractivity contribution is -0.133. The minimum Gasteiger partial charge on any atom is -0.510 e. The summed E-state index contributed by atoms with van der Waals surface area (Å²) in [5.74, 6) is -0.307. The number of hydrogen-bond donors (Lipinski definition) is 3. The van der Waals surface area contributed by atoms with E-state index in [1.165, 1.54) is 0 Å². The molecule has 9 heteroatoms. The van der Waals surface area contributed by atoms with E-state index in [2.05, 4.69) is 48.6 Å². The predicted octanol–water partition coefficient (Wildman–Crippen LogP) is 6.91. The molecule has 9 nitrogen and oxygen atoms in total. The Morgan fingerprint density at radius 1 is 0.939 bits per heavy atom. The van der Waals surface area contributed by atoms with E-state index in [1.807, 2.05) is 80.7 Å². The van der Waals surface area contributed by atoms with Crippen molar-refractivity contribution < 1.29 is 33.6 Å². The van der Waals surface area contributed by atoms with Crippen molar-refractivity contribution in [1.29, 1.82) is 0 Å². The minimum absolute atomic E-state index is 0.0727. The molecule has 266 valence electrons. The third kappa shape index (κ3) is 18.1. The van der Waals surface area contributed by atoms with Crippen LogP contribution in [0.25, 0.3) is 0 Å². The normalized spacial score (nSPS) is 14.6. The molecule has 2 unspecified atom stereocenters. The number of aliphatic hydroxyl groups excluding tert-OH is 1. The second-order valence-corrected chi connectivity index (χ2v) is 10.8. The maximum atomic E-state index is 13.3. The van der Waals surface area contributed by atoms with Gasteiger partial charge in [-0.15, -0.1) is 5.73 Å². The van der Waals surface area contributed by atoms with Crippen molar-refractivity contribution in [3.8, 4) is 0 Å². The molecule has 2 aliphatic rings. The average Bonchev–Trinajstić information content (AvgIpc) is 3.80. The first-order valence-corrected chi connectivity index (χ1v) is 16.9. The molecule has 0 radical (unpaired) electrons. The first kappa shape index (κ1) is 40.8. The number of allylic oxidation sites excluding steroid dienone is 16. The zero-order valence-corrected chi connectivity index (χ0v) is 29.3. The molecule has 0 aromatic rings. The van der Waals surface area contributed by atoms with E-state index in [1.54, 1.807) is 6.08 Å². The van der Waals surface area contributed by atoms with Gasteiger partial charge in [-0.05, 0) is 56.4 Å². The Morgan fingerprint density at radius 3 is 2.29 bits per heavy atom. The van der Waals surface area contributed by atoms with Crippen molar-refractivity contribution in [2.24, 2.45) is 0 Å². The summed E-state index contributed by atoms with van der Waals surface area (Å²) in [5.41, 5.74) is 6.94. The fourth-order valence-electron chi connectivity index (χ4n) is 4.48. The number of amides is 1. The summed E-state index contributed by atoms with van der Waals surface area (Å²) in [5, 5.41) is 16.3. The first-order valence-electron chi connectivity index (χ1n) is 16.9. The Hall–Kier alpha value is -4.37. The van der Waals surface area contributed by atoms with Crippen molar-refractivity contribution in [2.45, 2.75) is 52.2 Å². The van der Waals surface area contributed by atoms with Crippen LogP contribution >= 0.6 is 0 Å². The van der Waals surface area contributed by atoms with Gasteiger partial charge in [0.25, 0.3) is 5.91 Å². The van der Waals surface area contributed by atoms with E-state index < -0.39 is 18.1 Å². The lowest BCUT2D eigenvalue weighted by Gasteiger charge is -2.21. The van der Waals surface area contributed by atoms with Crippen LogP contribution in [-0.2, 0) is 28.5 Å². The monoisotopic (exact) mass is 674 g/mol. The van der Waals surface area contributed by atoms with Crippen LogP contribution in [0.3, 0.4) is 0 Å². The Balaban J connectivity index is 1.78. The maximum Gasteiger partial charge on any atom is 0.261 e. The highest BCUT2D eigenvalue weighted by Gasteiger charge is 2.25. The maximum absolute atomic E-state index is 13.3. The van der Waals surface area contributed by atoms with E-state index in [0.29, 0.717) is 31.9 Å². The summed E-state index contributed by atoms with van der Waals surface area (Å²) in [6.07, 6.45) is 28.5. The number of hydrogen-bond acceptors (Lipinski definition) is 8. The second-order valence-electron chi connectivity index (χ2n) is 10.8. The average molecular weight is 675 g/mol. The molecule has 1 amide bonds. The fourth-order valence-corrected chi connectivity index (χ4v) is 4.48. The summed E-state index contributed by atoms with van der Waals surface area (Å²) in [6.45, 7) is 15.7. The summed E-state index contributed by atoms with van der Waals surface area (Å²) >= 11 is 0. The summed E-state index contributed by atoms with van der Waals surface area (Å²) in [6, 6.07) is 0. The molecule has 49 heavy (non-hydrogen) atoms. The Bertz CT molecular complexity index is 1340. The highest BCUT2D eigenvalue weighted by molar-refractivity contribution is 5.84. The van der Waals surface area contributed by atoms with E-state index in [-0.39, 0.29) is 44.6 Å². The minimum atomic E-state index is -1.05. The van der Waals surface area contributed by atoms with Gasteiger partial charge in [0.05, 0.1) is 38.7 Å². The molecule has 2 rings (SSSR count). The van der Waals surface area contributed by atoms with Gasteiger partial charge in [0.1, 0.15) is 24.2 Å². The number of aliphatic hydroxyl groups is 1. The smallest absolute Gasteiger partial charge is 0.261 e. The highest BCUT2D eigenvalue weighted by atomic mass is 16.6. The molecule has 0 spiro atoms. The largest absolute Gasteiger partial charge is 0.510 e. The molecule has 0 bridgehead atoms. The standard InChI is InChI=1S/C40H54N2O7/c1-6-15-36(23-13-21-34-17-9-10-18-34)41-31-38(32(4)43)48-29-27-46-26-28-47-33(5)39(49-30-25-45-8-3)40(44)42-37(16-7-2)24-14-22-35-19-11-12-20-35/h7,9-13,15,17-23,38-39,41,43H,4-6,8,14,24-31H2,1-3H3,(H,42,44)/b23-13-,36-15+. The fraction of sp³-hybridized carbons (Fsp3) is 0.400. The van der Waals surface area contributed by atoms with Crippen molar-refractivity contribution in [1.82, 2.24) is 10.6 Å². The number of carbonyl (C=O) groups is 1. The van der Waals surface area contributed by atoms with Gasteiger partial charge in [-0.25, -0.2) is 0 Å². The van der Waals surface area contributed by atoms with Crippen LogP contribution in [0, 0.1) is 0 Å². The molecule has 0 aromatic heterocycles. The molecule has 0 aliphatic heterocycles. The molecule has 0 heterocycles. The van der Waals surface area contributed by atoms with Crippen molar-refractivity contribution in [3.63, 3.8) is 0 Å². The molecule has 2 aliphatic carbocycles. The van der Waals surface area contributed by atoms with E-state index in [4.69, 9.17) is 23.7 Å². The zero-order chi connectivity index (χ0) is 35.5. The van der Waals surface area contributed by atoms with Crippen LogP contribution in [0.4, 0.5) is 0 Å². The topological polar surface area (TPSA) is 108 Å². The third-order valence-corrected chi connectivity index (χ3v) is 6.90. The quantitative estimate of drug-likeness (QED) is 0.0393. The van der Waals surface area contributed by atoms with Crippen LogP contribution < -0.4 is 10.6 Å². The predicted molar refractivity (Wildman–Crippen MR) is 197 cm³/mol. The molecule has 3 N–H and O–H groups in total. The molecule has 0 saturated heterocycles. The molecular weight excluding hydrogens is 620 g/mol. The number of carbonyl (C=O) groups excluding carboxylic acids is 1. The SMILES string of the molecule is C=C(O)C(CNC(/C=C\C=C1C=CC=C1)=C/CC)OCCOCCOC(=C)C(OCCOCC)C(=O)NC(=C=CC)CCC=C1C=CC=C1. The van der Waals surface area contributed by atoms with E-state index >= 15 is 0 Å². The molecule has 0 fully saturated rings. The molecule has 0 aromatic carbocycles. The first-order chi connectivity index (χ1) is 23.9. The van der Waals surface area contributed by atoms with Crippen LogP contribution in [0.15, 0.2) is 138 Å². The van der Waals surface area contributed by atoms with Gasteiger partial charge in [0, 0.05) is 18.8 Å². The van der Waals surface area contributed by atoms with E-state index in [9.17, 15) is 9.90 Å². The molecule has 2 atom stereocenters. The summed E-state index contributed by atoms with van der Waals surface area (Å²) < 4.78 is 28.4. The van der Waals surface area contributed by atoms with Gasteiger partial charge in [0.15, 0.2) is 6.10 Å². The van der Waals surface area contributed by atoms with Gasteiger partial charge in [-0.1, -0.05) is 93.0 Å². The summed E-state index contributed by atoms with van der Waals surface area (Å²) in [4.78, 5) is 13.3. The second kappa shape index (κ2) is 25.6. The van der Waals surface area contributed by atoms with Crippen molar-refractivity contribution in [2.75, 3.05) is 52.8 Å². The number of nitrogens with one attached hydrogen (secondary N) is 2. The van der Waals surface area contributed by atoms with Gasteiger partial charge < -0.3 is 39.4 Å². The zero-order valence-electron chi connectivity index (χ0n) is 29.3. The van der Waals surface area contributed by atoms with Crippen LogP contribution in [-0.4, -0.2) is 76.0 Å². The van der Waals surface area contributed by atoms with Crippen LogP contribution in [0.5, 0.6) is 0 Å². The highest BCUT2D eigenvalue weighted by Crippen LogP contribution is 2.13. The Labute approximate surface area is 292 Å². The lowest BCUT2D eigenvalue weighted by atomic mass is 10.1. The number of rotatable bonds is 26. The third-order valence-electron chi connectivity index (χ3n) is 6.90. The van der Waals surface area contributed by atoms with Gasteiger partial charge in [0.2, 0.25) is 0 Å². The van der Waals surface area contributed by atoms with Crippen LogP contribution in [0.2, 0.25) is 0 Å². The summed E-state index contributed by atoms with van der Waals surface area (Å²) in [7, 11) is 0. The van der Waals surface area contributed by atoms with Gasteiger partial charge in [-0.2, -0.15) is 0 Å². The Morgan fingerprint density at radius 2 is 1.61 bits per heavy atom. The van der Waals surface area contributed by atoms with E-state index in [0.717, 1.165) is 29.7 Å². The molecule has 0 saturated carbocycles. The van der Waals surface area contributed by atoms with Crippen LogP contribution in [0.1, 0.15) is 40.0 Å². The van der Waals surface area contributed by atoms with Crippen molar-refractivity contribution in [3.05, 3.63) is 138 Å². The van der Waals surface area contributed by atoms with Gasteiger partial charge >= 0.3 is 0 Å².